The number of aromatic nitrogens is 4. The normalized spacial score (nSPS) is 10.1. The van der Waals surface area contributed by atoms with Crippen molar-refractivity contribution >= 4 is 28.4 Å². The van der Waals surface area contributed by atoms with Gasteiger partial charge in [-0.25, -0.2) is 15.0 Å². The molecule has 2 heterocycles. The van der Waals surface area contributed by atoms with E-state index in [0.717, 1.165) is 15.2 Å². The molecule has 0 aliphatic rings. The van der Waals surface area contributed by atoms with Gasteiger partial charge in [-0.2, -0.15) is 0 Å². The molecular formula is C8H8IN5. The summed E-state index contributed by atoms with van der Waals surface area (Å²) in [6.07, 6.45) is 6.80. The first-order chi connectivity index (χ1) is 6.86. The van der Waals surface area contributed by atoms with Crippen molar-refractivity contribution in [3.8, 4) is 0 Å². The summed E-state index contributed by atoms with van der Waals surface area (Å²) in [5.41, 5.74) is 0. The number of aromatic amines is 1. The Labute approximate surface area is 94.5 Å². The minimum Gasteiger partial charge on any atom is -0.362 e. The monoisotopic (exact) mass is 301 g/mol. The maximum atomic E-state index is 4.11. The standard InChI is InChI=1S/C8H8IN5/c9-6-3-10-5-14-8(6)13-4-7-11-1-2-12-7/h1-3,5H,4H2,(H,11,12)(H,10,13,14). The summed E-state index contributed by atoms with van der Waals surface area (Å²) in [5, 5.41) is 3.16. The van der Waals surface area contributed by atoms with Gasteiger partial charge in [-0.3, -0.25) is 0 Å². The molecule has 5 nitrogen and oxygen atoms in total. The molecule has 0 atom stereocenters. The van der Waals surface area contributed by atoms with Crippen molar-refractivity contribution in [2.24, 2.45) is 0 Å². The fraction of sp³-hybridized carbons (Fsp3) is 0.125. The van der Waals surface area contributed by atoms with Crippen molar-refractivity contribution in [1.82, 2.24) is 19.9 Å². The average Bonchev–Trinajstić information content (AvgIpc) is 2.69. The number of imidazole rings is 1. The third-order valence-electron chi connectivity index (χ3n) is 1.65. The molecule has 14 heavy (non-hydrogen) atoms. The van der Waals surface area contributed by atoms with Crippen LogP contribution in [0.2, 0.25) is 0 Å². The molecule has 0 amide bonds. The van der Waals surface area contributed by atoms with E-state index in [1.165, 1.54) is 6.33 Å². The molecule has 0 aliphatic carbocycles. The van der Waals surface area contributed by atoms with E-state index in [9.17, 15) is 0 Å². The van der Waals surface area contributed by atoms with Crippen molar-refractivity contribution in [2.45, 2.75) is 6.54 Å². The van der Waals surface area contributed by atoms with Gasteiger partial charge < -0.3 is 10.3 Å². The molecule has 0 radical (unpaired) electrons. The molecular weight excluding hydrogens is 293 g/mol. The third kappa shape index (κ3) is 2.19. The van der Waals surface area contributed by atoms with Crippen LogP contribution in [0.3, 0.4) is 0 Å². The van der Waals surface area contributed by atoms with Crippen LogP contribution in [-0.2, 0) is 6.54 Å². The van der Waals surface area contributed by atoms with Gasteiger partial charge in [0.1, 0.15) is 18.0 Å². The molecule has 0 spiro atoms. The molecule has 0 saturated heterocycles. The zero-order chi connectivity index (χ0) is 9.80. The molecule has 0 fully saturated rings. The first-order valence-electron chi connectivity index (χ1n) is 4.04. The SMILES string of the molecule is Ic1cncnc1NCc1ncc[nH]1. The number of nitrogens with zero attached hydrogens (tertiary/aromatic N) is 3. The molecule has 0 aromatic carbocycles. The molecule has 2 aromatic heterocycles. The Morgan fingerprint density at radius 3 is 3.07 bits per heavy atom. The average molecular weight is 301 g/mol. The van der Waals surface area contributed by atoms with E-state index < -0.39 is 0 Å². The Balaban J connectivity index is 2.02. The minimum absolute atomic E-state index is 0.639. The molecule has 2 rings (SSSR count). The number of nitrogens with one attached hydrogen (secondary N) is 2. The van der Waals surface area contributed by atoms with Gasteiger partial charge >= 0.3 is 0 Å². The summed E-state index contributed by atoms with van der Waals surface area (Å²) in [6.45, 7) is 0.639. The Morgan fingerprint density at radius 1 is 1.43 bits per heavy atom. The maximum absolute atomic E-state index is 4.11. The second-order valence-electron chi connectivity index (χ2n) is 2.61. The summed E-state index contributed by atoms with van der Waals surface area (Å²) in [4.78, 5) is 15.1. The number of hydrogen-bond donors (Lipinski definition) is 2. The van der Waals surface area contributed by atoms with E-state index in [0.29, 0.717) is 6.54 Å². The third-order valence-corrected chi connectivity index (χ3v) is 2.44. The van der Waals surface area contributed by atoms with Crippen LogP contribution < -0.4 is 5.32 Å². The first kappa shape index (κ1) is 9.38. The van der Waals surface area contributed by atoms with Crippen LogP contribution in [0.25, 0.3) is 0 Å². The van der Waals surface area contributed by atoms with Crippen molar-refractivity contribution in [2.75, 3.05) is 5.32 Å². The fourth-order valence-corrected chi connectivity index (χ4v) is 1.50. The zero-order valence-corrected chi connectivity index (χ0v) is 9.39. The van der Waals surface area contributed by atoms with Crippen molar-refractivity contribution < 1.29 is 0 Å². The van der Waals surface area contributed by atoms with Gasteiger partial charge in [0.05, 0.1) is 10.1 Å². The highest BCUT2D eigenvalue weighted by Crippen LogP contribution is 2.12. The van der Waals surface area contributed by atoms with Crippen LogP contribution in [0.15, 0.2) is 24.9 Å². The number of halogens is 1. The van der Waals surface area contributed by atoms with Crippen molar-refractivity contribution in [1.29, 1.82) is 0 Å². The highest BCUT2D eigenvalue weighted by atomic mass is 127. The number of H-pyrrole nitrogens is 1. The van der Waals surface area contributed by atoms with E-state index in [1.54, 1.807) is 18.6 Å². The molecule has 2 aromatic rings. The van der Waals surface area contributed by atoms with E-state index in [1.807, 2.05) is 0 Å². The summed E-state index contributed by atoms with van der Waals surface area (Å²) < 4.78 is 0.997. The van der Waals surface area contributed by atoms with E-state index in [4.69, 9.17) is 0 Å². The summed E-state index contributed by atoms with van der Waals surface area (Å²) in [7, 11) is 0. The number of anilines is 1. The van der Waals surface area contributed by atoms with E-state index in [-0.39, 0.29) is 0 Å². The van der Waals surface area contributed by atoms with Gasteiger partial charge in [-0.1, -0.05) is 0 Å². The summed E-state index contributed by atoms with van der Waals surface area (Å²) in [6, 6.07) is 0. The highest BCUT2D eigenvalue weighted by Gasteiger charge is 2.00. The molecule has 6 heteroatoms. The number of rotatable bonds is 3. The lowest BCUT2D eigenvalue weighted by molar-refractivity contribution is 0.979. The Hall–Kier alpha value is -1.18. The van der Waals surface area contributed by atoms with Crippen LogP contribution in [0.5, 0.6) is 0 Å². The predicted octanol–water partition coefficient (Wildman–Crippen LogP) is 1.42. The Bertz CT molecular complexity index is 400. The van der Waals surface area contributed by atoms with Gasteiger partial charge in [-0.15, -0.1) is 0 Å². The van der Waals surface area contributed by atoms with Gasteiger partial charge in [-0.05, 0) is 22.6 Å². The Morgan fingerprint density at radius 2 is 2.36 bits per heavy atom. The predicted molar refractivity (Wildman–Crippen MR) is 60.7 cm³/mol. The molecule has 72 valence electrons. The van der Waals surface area contributed by atoms with Crippen LogP contribution in [0.1, 0.15) is 5.82 Å². The van der Waals surface area contributed by atoms with Gasteiger partial charge in [0.2, 0.25) is 0 Å². The minimum atomic E-state index is 0.639. The van der Waals surface area contributed by atoms with E-state index in [2.05, 4.69) is 47.8 Å². The van der Waals surface area contributed by atoms with Gasteiger partial charge in [0, 0.05) is 18.6 Å². The molecule has 0 bridgehead atoms. The topological polar surface area (TPSA) is 66.5 Å². The molecule has 0 unspecified atom stereocenters. The lowest BCUT2D eigenvalue weighted by atomic mass is 10.5. The van der Waals surface area contributed by atoms with Gasteiger partial charge in [0.15, 0.2) is 0 Å². The van der Waals surface area contributed by atoms with Crippen LogP contribution in [0.4, 0.5) is 5.82 Å². The highest BCUT2D eigenvalue weighted by molar-refractivity contribution is 14.1. The van der Waals surface area contributed by atoms with Gasteiger partial charge in [0.25, 0.3) is 0 Å². The Kier molecular flexibility index (Phi) is 2.92. The maximum Gasteiger partial charge on any atom is 0.143 e. The molecule has 0 saturated carbocycles. The smallest absolute Gasteiger partial charge is 0.143 e. The van der Waals surface area contributed by atoms with Crippen LogP contribution in [-0.4, -0.2) is 19.9 Å². The lowest BCUT2D eigenvalue weighted by Crippen LogP contribution is -2.04. The zero-order valence-electron chi connectivity index (χ0n) is 7.24. The molecule has 2 N–H and O–H groups in total. The first-order valence-corrected chi connectivity index (χ1v) is 5.12. The second-order valence-corrected chi connectivity index (χ2v) is 3.77. The lowest BCUT2D eigenvalue weighted by Gasteiger charge is -2.04. The number of hydrogen-bond acceptors (Lipinski definition) is 4. The van der Waals surface area contributed by atoms with Crippen LogP contribution in [0, 0.1) is 3.57 Å². The summed E-state index contributed by atoms with van der Waals surface area (Å²) >= 11 is 2.18. The quantitative estimate of drug-likeness (QED) is 0.841. The fourth-order valence-electron chi connectivity index (χ4n) is 1.00. The summed E-state index contributed by atoms with van der Waals surface area (Å²) in [5.74, 6) is 1.72. The van der Waals surface area contributed by atoms with Crippen molar-refractivity contribution in [3.05, 3.63) is 34.3 Å². The van der Waals surface area contributed by atoms with Crippen molar-refractivity contribution in [3.63, 3.8) is 0 Å². The van der Waals surface area contributed by atoms with Crippen LogP contribution >= 0.6 is 22.6 Å². The largest absolute Gasteiger partial charge is 0.362 e. The van der Waals surface area contributed by atoms with E-state index >= 15 is 0 Å². The molecule has 0 aliphatic heterocycles. The second kappa shape index (κ2) is 4.36.